The smallest absolute Gasteiger partial charge is 0.390 e. The van der Waals surface area contributed by atoms with E-state index in [1.807, 2.05) is 0 Å². The molecular formula is C9H13N3O5. The van der Waals surface area contributed by atoms with E-state index in [1.165, 1.54) is 10.8 Å². The molecule has 0 aromatic carbocycles. The van der Waals surface area contributed by atoms with Crippen molar-refractivity contribution in [2.75, 3.05) is 20.0 Å². The predicted molar refractivity (Wildman–Crippen MR) is 55.1 cm³/mol. The molecule has 0 radical (unpaired) electrons. The number of aromatic nitrogens is 2. The summed E-state index contributed by atoms with van der Waals surface area (Å²) in [6, 6.07) is 0. The lowest BCUT2D eigenvalue weighted by Gasteiger charge is -2.21. The highest BCUT2D eigenvalue weighted by Crippen LogP contribution is 2.16. The van der Waals surface area contributed by atoms with Gasteiger partial charge in [-0.3, -0.25) is 0 Å². The van der Waals surface area contributed by atoms with Gasteiger partial charge < -0.3 is 24.7 Å². The highest BCUT2D eigenvalue weighted by Gasteiger charge is 2.23. The van der Waals surface area contributed by atoms with Crippen LogP contribution in [-0.2, 0) is 22.6 Å². The van der Waals surface area contributed by atoms with Gasteiger partial charge in [-0.15, -0.1) is 0 Å². The number of ether oxygens (including phenoxy) is 2. The number of hydrogen-bond acceptors (Lipinski definition) is 6. The number of aliphatic hydroxyl groups is 1. The summed E-state index contributed by atoms with van der Waals surface area (Å²) in [5.74, 6) is -0.206. The molecular weight excluding hydrogens is 230 g/mol. The monoisotopic (exact) mass is 243 g/mol. The van der Waals surface area contributed by atoms with Crippen molar-refractivity contribution in [2.45, 2.75) is 13.2 Å². The van der Waals surface area contributed by atoms with Crippen LogP contribution in [0.4, 0.5) is 5.95 Å². The van der Waals surface area contributed by atoms with Crippen molar-refractivity contribution in [3.63, 3.8) is 0 Å². The third kappa shape index (κ3) is 2.78. The van der Waals surface area contributed by atoms with Crippen LogP contribution in [0.25, 0.3) is 0 Å². The van der Waals surface area contributed by atoms with E-state index in [2.05, 4.69) is 4.98 Å². The van der Waals surface area contributed by atoms with Crippen molar-refractivity contribution >= 4 is 5.95 Å². The Bertz CT molecular complexity index is 399. The zero-order chi connectivity index (χ0) is 12.3. The molecule has 0 spiro atoms. The first-order valence-electron chi connectivity index (χ1n) is 5.17. The number of rotatable bonds is 4. The molecule has 8 heteroatoms. The standard InChI is InChI=1S/C9H13N3O5/c13-3-8-2-11(9(10-8)12(14)15)1-7-4-16-6-17-5-7/h2,7,13H,1,3-6H2. The van der Waals surface area contributed by atoms with Crippen molar-refractivity contribution < 1.29 is 19.5 Å². The minimum atomic E-state index is -0.566. The first kappa shape index (κ1) is 12.0. The van der Waals surface area contributed by atoms with Crippen LogP contribution in [0.1, 0.15) is 5.69 Å². The number of nitro groups is 1. The second kappa shape index (κ2) is 5.21. The fourth-order valence-electron chi connectivity index (χ4n) is 1.74. The van der Waals surface area contributed by atoms with E-state index in [0.717, 1.165) is 0 Å². The summed E-state index contributed by atoms with van der Waals surface area (Å²) in [7, 11) is 0. The van der Waals surface area contributed by atoms with E-state index >= 15 is 0 Å². The second-order valence-corrected chi connectivity index (χ2v) is 3.83. The maximum absolute atomic E-state index is 10.8. The molecule has 0 aliphatic carbocycles. The normalized spacial score (nSPS) is 17.2. The van der Waals surface area contributed by atoms with Gasteiger partial charge in [0.2, 0.25) is 0 Å². The van der Waals surface area contributed by atoms with Crippen LogP contribution >= 0.6 is 0 Å². The molecule has 1 aliphatic heterocycles. The largest absolute Gasteiger partial charge is 0.434 e. The van der Waals surface area contributed by atoms with Gasteiger partial charge in [0.1, 0.15) is 19.6 Å². The Morgan fingerprint density at radius 2 is 2.29 bits per heavy atom. The summed E-state index contributed by atoms with van der Waals surface area (Å²) in [5.41, 5.74) is 0.286. The summed E-state index contributed by atoms with van der Waals surface area (Å²) in [6.45, 7) is 1.35. The van der Waals surface area contributed by atoms with Crippen molar-refractivity contribution in [2.24, 2.45) is 5.92 Å². The van der Waals surface area contributed by atoms with E-state index in [9.17, 15) is 10.1 Å². The quantitative estimate of drug-likeness (QED) is 0.585. The zero-order valence-corrected chi connectivity index (χ0v) is 9.11. The third-order valence-electron chi connectivity index (χ3n) is 2.46. The number of nitrogens with zero attached hydrogens (tertiary/aromatic N) is 3. The molecule has 0 unspecified atom stereocenters. The fraction of sp³-hybridized carbons (Fsp3) is 0.667. The fourth-order valence-corrected chi connectivity index (χ4v) is 1.74. The molecule has 0 amide bonds. The molecule has 8 nitrogen and oxygen atoms in total. The van der Waals surface area contributed by atoms with Gasteiger partial charge in [0.05, 0.1) is 19.8 Å². The lowest BCUT2D eigenvalue weighted by Crippen LogP contribution is -2.28. The van der Waals surface area contributed by atoms with E-state index in [4.69, 9.17) is 14.6 Å². The van der Waals surface area contributed by atoms with Gasteiger partial charge in [0, 0.05) is 5.92 Å². The number of aliphatic hydroxyl groups excluding tert-OH is 1. The van der Waals surface area contributed by atoms with Crippen LogP contribution in [0.2, 0.25) is 0 Å². The summed E-state index contributed by atoms with van der Waals surface area (Å²) < 4.78 is 11.6. The number of imidazole rings is 1. The van der Waals surface area contributed by atoms with Gasteiger partial charge in [-0.1, -0.05) is 4.98 Å². The summed E-state index contributed by atoms with van der Waals surface area (Å²) in [5, 5.41) is 19.7. The van der Waals surface area contributed by atoms with Crippen LogP contribution < -0.4 is 0 Å². The van der Waals surface area contributed by atoms with Crippen LogP contribution in [0.5, 0.6) is 0 Å². The van der Waals surface area contributed by atoms with Gasteiger partial charge in [0.25, 0.3) is 0 Å². The Balaban J connectivity index is 2.12. The molecule has 0 bridgehead atoms. The minimum absolute atomic E-state index is 0.0585. The molecule has 1 aliphatic rings. The molecule has 2 rings (SSSR count). The maximum Gasteiger partial charge on any atom is 0.434 e. The molecule has 17 heavy (non-hydrogen) atoms. The van der Waals surface area contributed by atoms with Crippen LogP contribution in [0.3, 0.4) is 0 Å². The molecule has 1 aromatic heterocycles. The average Bonchev–Trinajstić information content (AvgIpc) is 2.74. The Morgan fingerprint density at radius 1 is 1.59 bits per heavy atom. The first-order valence-corrected chi connectivity index (χ1v) is 5.17. The summed E-state index contributed by atoms with van der Waals surface area (Å²) in [4.78, 5) is 13.9. The molecule has 1 fully saturated rings. The Morgan fingerprint density at radius 3 is 2.88 bits per heavy atom. The Kier molecular flexibility index (Phi) is 3.67. The average molecular weight is 243 g/mol. The summed E-state index contributed by atoms with van der Waals surface area (Å²) >= 11 is 0. The van der Waals surface area contributed by atoms with Gasteiger partial charge in [-0.25, -0.2) is 4.57 Å². The molecule has 2 heterocycles. The van der Waals surface area contributed by atoms with Crippen molar-refractivity contribution in [3.05, 3.63) is 22.0 Å². The first-order chi connectivity index (χ1) is 8.20. The molecule has 0 saturated carbocycles. The van der Waals surface area contributed by atoms with Crippen molar-refractivity contribution in [3.8, 4) is 0 Å². The van der Waals surface area contributed by atoms with Gasteiger partial charge in [-0.05, 0) is 4.92 Å². The van der Waals surface area contributed by atoms with Crippen LogP contribution in [0.15, 0.2) is 6.20 Å². The van der Waals surface area contributed by atoms with Gasteiger partial charge in [0.15, 0.2) is 5.69 Å². The van der Waals surface area contributed by atoms with Crippen molar-refractivity contribution in [1.82, 2.24) is 9.55 Å². The van der Waals surface area contributed by atoms with Crippen LogP contribution in [0, 0.1) is 16.0 Å². The Hall–Kier alpha value is -1.51. The van der Waals surface area contributed by atoms with E-state index in [-0.39, 0.29) is 31.0 Å². The predicted octanol–water partition coefficient (Wildman–Crippen LogP) is -0.0959. The van der Waals surface area contributed by atoms with Gasteiger partial charge in [-0.2, -0.15) is 0 Å². The summed E-state index contributed by atoms with van der Waals surface area (Å²) in [6.07, 6.45) is 1.48. The van der Waals surface area contributed by atoms with Gasteiger partial charge >= 0.3 is 5.95 Å². The molecule has 94 valence electrons. The van der Waals surface area contributed by atoms with Crippen molar-refractivity contribution in [1.29, 1.82) is 0 Å². The zero-order valence-electron chi connectivity index (χ0n) is 9.11. The second-order valence-electron chi connectivity index (χ2n) is 3.83. The number of hydrogen-bond donors (Lipinski definition) is 1. The molecule has 1 saturated heterocycles. The minimum Gasteiger partial charge on any atom is -0.390 e. The van der Waals surface area contributed by atoms with E-state index < -0.39 is 4.92 Å². The SMILES string of the molecule is O=[N+]([O-])c1nc(CO)cn1CC1COCOC1. The lowest BCUT2D eigenvalue weighted by molar-refractivity contribution is -0.397. The lowest BCUT2D eigenvalue weighted by atomic mass is 10.1. The van der Waals surface area contributed by atoms with Crippen LogP contribution in [-0.4, -0.2) is 39.6 Å². The highest BCUT2D eigenvalue weighted by atomic mass is 16.7. The Labute approximate surface area is 96.9 Å². The topological polar surface area (TPSA) is 99.7 Å². The third-order valence-corrected chi connectivity index (χ3v) is 2.46. The highest BCUT2D eigenvalue weighted by molar-refractivity contribution is 5.14. The maximum atomic E-state index is 10.8. The molecule has 1 aromatic rings. The molecule has 0 atom stereocenters. The van der Waals surface area contributed by atoms with E-state index in [1.54, 1.807) is 0 Å². The van der Waals surface area contributed by atoms with E-state index in [0.29, 0.717) is 19.8 Å². The molecule has 1 N–H and O–H groups in total.